The maximum absolute atomic E-state index is 10.9. The van der Waals surface area contributed by atoms with Gasteiger partial charge in [-0.05, 0) is 54.9 Å². The molecule has 0 amide bonds. The maximum atomic E-state index is 10.9. The minimum absolute atomic E-state index is 0.0104. The van der Waals surface area contributed by atoms with Crippen LogP contribution >= 0.6 is 0 Å². The van der Waals surface area contributed by atoms with E-state index in [1.165, 1.54) is 19.3 Å². The van der Waals surface area contributed by atoms with E-state index in [0.29, 0.717) is 24.8 Å². The van der Waals surface area contributed by atoms with Crippen LogP contribution in [0, 0.1) is 29.1 Å². The first-order valence-corrected chi connectivity index (χ1v) is 5.59. The number of aliphatic carboxylic acids is 1. The second kappa shape index (κ2) is 2.51. The Hall–Kier alpha value is -0.570. The van der Waals surface area contributed by atoms with E-state index >= 15 is 0 Å². The molecule has 0 spiro atoms. The summed E-state index contributed by atoms with van der Waals surface area (Å²) in [4.78, 5) is 10.9. The molecule has 3 aliphatic carbocycles. The van der Waals surface area contributed by atoms with E-state index in [4.69, 9.17) is 10.8 Å². The average Bonchev–Trinajstić information content (AvgIpc) is 2.70. The molecule has 0 aliphatic heterocycles. The average molecular weight is 195 g/mol. The molecule has 3 aliphatic rings. The maximum Gasteiger partial charge on any atom is 0.303 e. The molecule has 3 unspecified atom stereocenters. The van der Waals surface area contributed by atoms with Crippen molar-refractivity contribution in [3.63, 3.8) is 0 Å². The molecule has 3 nitrogen and oxygen atoms in total. The van der Waals surface area contributed by atoms with E-state index in [0.717, 1.165) is 11.8 Å². The standard InChI is InChI=1S/C11H17NO2/c12-5-11(4-10(13)14)8-2-6-1-7(8)9(11)3-6/h6-9H,1-5,12H2,(H,13,14)/t6?,7?,8-,9+,11?. The summed E-state index contributed by atoms with van der Waals surface area (Å²) in [5.74, 6) is 2.37. The number of carboxylic acid groups (broad SMARTS) is 1. The molecule has 0 radical (unpaired) electrons. The Labute approximate surface area is 83.7 Å². The van der Waals surface area contributed by atoms with Crippen molar-refractivity contribution in [3.05, 3.63) is 0 Å². The predicted octanol–water partition coefficient (Wildman–Crippen LogP) is 1.08. The Morgan fingerprint density at radius 2 is 2.00 bits per heavy atom. The molecule has 3 heteroatoms. The van der Waals surface area contributed by atoms with E-state index in [-0.39, 0.29) is 5.41 Å². The van der Waals surface area contributed by atoms with Gasteiger partial charge in [0.15, 0.2) is 0 Å². The molecule has 3 N–H and O–H groups in total. The predicted molar refractivity (Wildman–Crippen MR) is 51.6 cm³/mol. The summed E-state index contributed by atoms with van der Waals surface area (Å²) in [5, 5.41) is 8.94. The number of carboxylic acids is 1. The third kappa shape index (κ3) is 0.800. The summed E-state index contributed by atoms with van der Waals surface area (Å²) in [6.45, 7) is 0.581. The van der Waals surface area contributed by atoms with Gasteiger partial charge in [0.05, 0.1) is 6.42 Å². The highest BCUT2D eigenvalue weighted by molar-refractivity contribution is 5.68. The first kappa shape index (κ1) is 8.72. The summed E-state index contributed by atoms with van der Waals surface area (Å²) in [7, 11) is 0. The fraction of sp³-hybridized carbons (Fsp3) is 0.909. The van der Waals surface area contributed by atoms with Crippen LogP contribution in [0.1, 0.15) is 25.7 Å². The molecular formula is C11H17NO2. The number of hydrogen-bond acceptors (Lipinski definition) is 2. The lowest BCUT2D eigenvalue weighted by molar-refractivity contribution is -0.158. The van der Waals surface area contributed by atoms with Crippen molar-refractivity contribution in [3.8, 4) is 0 Å². The zero-order valence-electron chi connectivity index (χ0n) is 8.28. The summed E-state index contributed by atoms with van der Waals surface area (Å²) >= 11 is 0. The van der Waals surface area contributed by atoms with Gasteiger partial charge in [-0.2, -0.15) is 0 Å². The fourth-order valence-corrected chi connectivity index (χ4v) is 4.75. The van der Waals surface area contributed by atoms with Gasteiger partial charge >= 0.3 is 5.97 Å². The second-order valence-corrected chi connectivity index (χ2v) is 5.46. The number of rotatable bonds is 3. The van der Waals surface area contributed by atoms with Crippen LogP contribution in [0.5, 0.6) is 0 Å². The van der Waals surface area contributed by atoms with E-state index in [9.17, 15) is 4.79 Å². The Kier molecular flexibility index (Phi) is 1.56. The monoisotopic (exact) mass is 195 g/mol. The number of fused-ring (bicyclic) bond motifs is 1. The van der Waals surface area contributed by atoms with E-state index < -0.39 is 5.97 Å². The topological polar surface area (TPSA) is 63.3 Å². The van der Waals surface area contributed by atoms with Crippen molar-refractivity contribution in [2.75, 3.05) is 6.54 Å². The van der Waals surface area contributed by atoms with Crippen LogP contribution in [-0.2, 0) is 4.79 Å². The van der Waals surface area contributed by atoms with E-state index in [2.05, 4.69) is 0 Å². The molecule has 2 bridgehead atoms. The Morgan fingerprint density at radius 3 is 2.36 bits per heavy atom. The second-order valence-electron chi connectivity index (χ2n) is 5.46. The summed E-state index contributed by atoms with van der Waals surface area (Å²) in [6, 6.07) is 0. The molecule has 5 atom stereocenters. The number of hydrogen-bond donors (Lipinski definition) is 2. The van der Waals surface area contributed by atoms with Crippen LogP contribution in [0.2, 0.25) is 0 Å². The lowest BCUT2D eigenvalue weighted by Crippen LogP contribution is -2.60. The zero-order chi connectivity index (χ0) is 9.92. The van der Waals surface area contributed by atoms with Crippen molar-refractivity contribution in [2.45, 2.75) is 25.7 Å². The SMILES string of the molecule is NCC1(CC(=O)O)[C@@H]2CC3CC2[C@@H]1C3. The van der Waals surface area contributed by atoms with Gasteiger partial charge in [-0.25, -0.2) is 0 Å². The lowest BCUT2D eigenvalue weighted by atomic mass is 9.44. The molecule has 78 valence electrons. The van der Waals surface area contributed by atoms with Crippen molar-refractivity contribution in [2.24, 2.45) is 34.8 Å². The first-order chi connectivity index (χ1) is 6.67. The van der Waals surface area contributed by atoms with Crippen LogP contribution in [0.25, 0.3) is 0 Å². The minimum atomic E-state index is -0.663. The van der Waals surface area contributed by atoms with E-state index in [1.807, 2.05) is 0 Å². The molecule has 3 saturated carbocycles. The highest BCUT2D eigenvalue weighted by Gasteiger charge is 2.68. The van der Waals surface area contributed by atoms with Crippen LogP contribution in [0.15, 0.2) is 0 Å². The summed E-state index contributed by atoms with van der Waals surface area (Å²) in [6.07, 6.45) is 4.18. The smallest absolute Gasteiger partial charge is 0.303 e. The van der Waals surface area contributed by atoms with Gasteiger partial charge in [-0.1, -0.05) is 0 Å². The number of carbonyl (C=O) groups is 1. The molecule has 0 aromatic rings. The van der Waals surface area contributed by atoms with Gasteiger partial charge in [0.1, 0.15) is 0 Å². The quantitative estimate of drug-likeness (QED) is 0.708. The normalized spacial score (nSPS) is 53.2. The minimum Gasteiger partial charge on any atom is -0.481 e. The van der Waals surface area contributed by atoms with Crippen molar-refractivity contribution >= 4 is 5.97 Å². The van der Waals surface area contributed by atoms with Crippen molar-refractivity contribution < 1.29 is 9.90 Å². The molecule has 0 heterocycles. The number of nitrogens with two attached hydrogens (primary N) is 1. The van der Waals surface area contributed by atoms with Gasteiger partial charge in [0.25, 0.3) is 0 Å². The van der Waals surface area contributed by atoms with Gasteiger partial charge in [0.2, 0.25) is 0 Å². The molecule has 0 aromatic carbocycles. The van der Waals surface area contributed by atoms with Crippen LogP contribution in [0.4, 0.5) is 0 Å². The van der Waals surface area contributed by atoms with Crippen molar-refractivity contribution in [1.29, 1.82) is 0 Å². The zero-order valence-corrected chi connectivity index (χ0v) is 8.28. The molecular weight excluding hydrogens is 178 g/mol. The van der Waals surface area contributed by atoms with Gasteiger partial charge in [-0.15, -0.1) is 0 Å². The van der Waals surface area contributed by atoms with Crippen LogP contribution in [0.3, 0.4) is 0 Å². The molecule has 14 heavy (non-hydrogen) atoms. The Balaban J connectivity index is 1.86. The summed E-state index contributed by atoms with van der Waals surface area (Å²) in [5.41, 5.74) is 5.81. The van der Waals surface area contributed by atoms with Gasteiger partial charge in [0, 0.05) is 0 Å². The fourth-order valence-electron chi connectivity index (χ4n) is 4.75. The molecule has 3 fully saturated rings. The Bertz CT molecular complexity index is 275. The molecule has 0 aromatic heterocycles. The first-order valence-electron chi connectivity index (χ1n) is 5.59. The molecule has 0 saturated heterocycles. The third-order valence-corrected chi connectivity index (χ3v) is 5.15. The highest BCUT2D eigenvalue weighted by Crippen LogP contribution is 2.73. The highest BCUT2D eigenvalue weighted by atomic mass is 16.4. The largest absolute Gasteiger partial charge is 0.481 e. The summed E-state index contributed by atoms with van der Waals surface area (Å²) < 4.78 is 0. The van der Waals surface area contributed by atoms with Gasteiger partial charge in [-0.3, -0.25) is 4.79 Å². The van der Waals surface area contributed by atoms with Crippen LogP contribution < -0.4 is 5.73 Å². The van der Waals surface area contributed by atoms with Crippen molar-refractivity contribution in [1.82, 2.24) is 0 Å². The Morgan fingerprint density at radius 1 is 1.36 bits per heavy atom. The third-order valence-electron chi connectivity index (χ3n) is 5.15. The lowest BCUT2D eigenvalue weighted by Gasteiger charge is -2.60. The molecule has 3 rings (SSSR count). The van der Waals surface area contributed by atoms with Crippen LogP contribution in [-0.4, -0.2) is 17.6 Å². The van der Waals surface area contributed by atoms with Gasteiger partial charge < -0.3 is 10.8 Å². The van der Waals surface area contributed by atoms with E-state index in [1.54, 1.807) is 0 Å².